The van der Waals surface area contributed by atoms with Crippen molar-refractivity contribution < 1.29 is 14.1 Å². The molecule has 4 aromatic rings. The van der Waals surface area contributed by atoms with Crippen LogP contribution in [0.15, 0.2) is 47.2 Å². The molecule has 0 aliphatic rings. The second-order valence-electron chi connectivity index (χ2n) is 6.12. The highest BCUT2D eigenvalue weighted by molar-refractivity contribution is 5.73. The number of benzene rings is 1. The van der Waals surface area contributed by atoms with Gasteiger partial charge in [-0.2, -0.15) is 10.1 Å². The second-order valence-corrected chi connectivity index (χ2v) is 6.12. The van der Waals surface area contributed by atoms with Crippen molar-refractivity contribution in [3.63, 3.8) is 0 Å². The van der Waals surface area contributed by atoms with Crippen molar-refractivity contribution in [1.82, 2.24) is 24.7 Å². The van der Waals surface area contributed by atoms with Crippen LogP contribution in [0, 0.1) is 13.8 Å². The maximum absolute atomic E-state index is 12.3. The van der Waals surface area contributed by atoms with Gasteiger partial charge in [-0.25, -0.2) is 9.50 Å². The van der Waals surface area contributed by atoms with Crippen molar-refractivity contribution >= 4 is 11.7 Å². The summed E-state index contributed by atoms with van der Waals surface area (Å²) >= 11 is 0. The maximum Gasteiger partial charge on any atom is 0.310 e. The first kappa shape index (κ1) is 16.9. The molecule has 0 aliphatic carbocycles. The molecular formula is C19H17N5O3. The number of fused-ring (bicyclic) bond motifs is 1. The minimum absolute atomic E-state index is 0.0479. The maximum atomic E-state index is 12.3. The van der Waals surface area contributed by atoms with Crippen molar-refractivity contribution in [2.45, 2.75) is 26.9 Å². The van der Waals surface area contributed by atoms with Crippen molar-refractivity contribution in [3.05, 3.63) is 65.4 Å². The van der Waals surface area contributed by atoms with Crippen LogP contribution in [0.3, 0.4) is 0 Å². The molecule has 4 rings (SSSR count). The minimum atomic E-state index is -0.369. The number of carbonyl (C=O) groups is 1. The molecule has 0 unspecified atom stereocenters. The van der Waals surface area contributed by atoms with Crippen molar-refractivity contribution in [2.75, 3.05) is 0 Å². The summed E-state index contributed by atoms with van der Waals surface area (Å²) in [7, 11) is 0. The zero-order valence-electron chi connectivity index (χ0n) is 14.9. The summed E-state index contributed by atoms with van der Waals surface area (Å²) in [6.07, 6.45) is 1.54. The largest absolute Gasteiger partial charge is 0.459 e. The van der Waals surface area contributed by atoms with E-state index < -0.39 is 0 Å². The molecule has 8 heteroatoms. The van der Waals surface area contributed by atoms with Crippen LogP contribution >= 0.6 is 0 Å². The highest BCUT2D eigenvalue weighted by Gasteiger charge is 2.16. The summed E-state index contributed by atoms with van der Waals surface area (Å²) in [5.41, 5.74) is 3.81. The van der Waals surface area contributed by atoms with E-state index in [4.69, 9.17) is 9.26 Å². The minimum Gasteiger partial charge on any atom is -0.459 e. The van der Waals surface area contributed by atoms with Crippen LogP contribution in [0.25, 0.3) is 17.1 Å². The third-order valence-corrected chi connectivity index (χ3v) is 4.31. The van der Waals surface area contributed by atoms with Gasteiger partial charge in [-0.1, -0.05) is 35.5 Å². The van der Waals surface area contributed by atoms with E-state index in [0.717, 1.165) is 22.5 Å². The Morgan fingerprint density at radius 3 is 2.85 bits per heavy atom. The van der Waals surface area contributed by atoms with Crippen LogP contribution in [0.2, 0.25) is 0 Å². The zero-order chi connectivity index (χ0) is 18.8. The van der Waals surface area contributed by atoms with Crippen LogP contribution in [0.1, 0.15) is 22.6 Å². The van der Waals surface area contributed by atoms with E-state index >= 15 is 0 Å². The fourth-order valence-corrected chi connectivity index (χ4v) is 2.88. The molecular weight excluding hydrogens is 346 g/mol. The molecule has 136 valence electrons. The monoisotopic (exact) mass is 363 g/mol. The first-order valence-corrected chi connectivity index (χ1v) is 8.44. The van der Waals surface area contributed by atoms with Gasteiger partial charge in [0, 0.05) is 28.6 Å². The first-order valence-electron chi connectivity index (χ1n) is 8.44. The van der Waals surface area contributed by atoms with Gasteiger partial charge in [-0.05, 0) is 13.8 Å². The summed E-state index contributed by atoms with van der Waals surface area (Å²) in [5, 5.41) is 8.07. The van der Waals surface area contributed by atoms with E-state index in [-0.39, 0.29) is 19.0 Å². The molecule has 0 atom stereocenters. The highest BCUT2D eigenvalue weighted by atomic mass is 16.5. The topological polar surface area (TPSA) is 95.4 Å². The summed E-state index contributed by atoms with van der Waals surface area (Å²) < 4.78 is 12.3. The fourth-order valence-electron chi connectivity index (χ4n) is 2.88. The normalized spacial score (nSPS) is 11.0. The van der Waals surface area contributed by atoms with Gasteiger partial charge >= 0.3 is 5.97 Å². The average Bonchev–Trinajstić information content (AvgIpc) is 3.33. The smallest absolute Gasteiger partial charge is 0.310 e. The van der Waals surface area contributed by atoms with Crippen LogP contribution in [0.4, 0.5) is 0 Å². The first-order chi connectivity index (χ1) is 13.1. The van der Waals surface area contributed by atoms with E-state index in [1.165, 1.54) is 6.33 Å². The number of rotatable bonds is 5. The molecule has 8 nitrogen and oxygen atoms in total. The fraction of sp³-hybridized carbons (Fsp3) is 0.211. The van der Waals surface area contributed by atoms with Gasteiger partial charge < -0.3 is 9.26 Å². The summed E-state index contributed by atoms with van der Waals surface area (Å²) in [6.45, 7) is 3.77. The van der Waals surface area contributed by atoms with E-state index in [1.54, 1.807) is 10.6 Å². The second kappa shape index (κ2) is 6.99. The van der Waals surface area contributed by atoms with Gasteiger partial charge in [0.25, 0.3) is 5.78 Å². The van der Waals surface area contributed by atoms with Crippen molar-refractivity contribution in [1.29, 1.82) is 0 Å². The van der Waals surface area contributed by atoms with Gasteiger partial charge in [0.1, 0.15) is 18.6 Å². The van der Waals surface area contributed by atoms with Gasteiger partial charge in [-0.3, -0.25) is 4.79 Å². The number of carbonyl (C=O) groups excluding carboxylic acids is 1. The molecule has 0 spiro atoms. The summed E-state index contributed by atoms with van der Waals surface area (Å²) in [6, 6.07) is 11.4. The average molecular weight is 363 g/mol. The van der Waals surface area contributed by atoms with E-state index in [9.17, 15) is 4.79 Å². The van der Waals surface area contributed by atoms with Crippen molar-refractivity contribution in [2.24, 2.45) is 0 Å². The molecule has 0 fully saturated rings. The van der Waals surface area contributed by atoms with E-state index in [1.807, 2.05) is 44.2 Å². The Hall–Kier alpha value is -3.55. The Kier molecular flexibility index (Phi) is 4.37. The zero-order valence-corrected chi connectivity index (χ0v) is 14.9. The predicted octanol–water partition coefficient (Wildman–Crippen LogP) is 2.68. The van der Waals surface area contributed by atoms with Crippen LogP contribution in [-0.4, -0.2) is 30.7 Å². The Balaban J connectivity index is 1.43. The van der Waals surface area contributed by atoms with Gasteiger partial charge in [0.05, 0.1) is 6.42 Å². The Morgan fingerprint density at radius 2 is 2.04 bits per heavy atom. The third-order valence-electron chi connectivity index (χ3n) is 4.31. The third kappa shape index (κ3) is 3.41. The lowest BCUT2D eigenvalue weighted by atomic mass is 10.1. The van der Waals surface area contributed by atoms with Crippen LogP contribution in [-0.2, 0) is 22.6 Å². The standard InChI is InChI=1S/C19H17N5O3/c1-12-16(13(2)24-19(22-12)20-11-21-24)9-18(25)26-10-15-8-17(27-23-15)14-6-4-3-5-7-14/h3-8,11H,9-10H2,1-2H3. The highest BCUT2D eigenvalue weighted by Crippen LogP contribution is 2.20. The Labute approximate surface area is 154 Å². The number of esters is 1. The number of aromatic nitrogens is 5. The number of hydrogen-bond acceptors (Lipinski definition) is 7. The molecule has 0 N–H and O–H groups in total. The number of hydrogen-bond donors (Lipinski definition) is 0. The molecule has 27 heavy (non-hydrogen) atoms. The number of ether oxygens (including phenoxy) is 1. The lowest BCUT2D eigenvalue weighted by Gasteiger charge is -2.09. The molecule has 3 aromatic heterocycles. The summed E-state index contributed by atoms with van der Waals surface area (Å²) in [5.74, 6) is 0.777. The molecule has 3 heterocycles. The Bertz CT molecular complexity index is 1100. The molecule has 0 aliphatic heterocycles. The molecule has 0 radical (unpaired) electrons. The van der Waals surface area contributed by atoms with Crippen LogP contribution < -0.4 is 0 Å². The molecule has 0 saturated heterocycles. The lowest BCUT2D eigenvalue weighted by Crippen LogP contribution is -2.13. The molecule has 1 aromatic carbocycles. The predicted molar refractivity (Wildman–Crippen MR) is 95.7 cm³/mol. The van der Waals surface area contributed by atoms with Crippen LogP contribution in [0.5, 0.6) is 0 Å². The van der Waals surface area contributed by atoms with Gasteiger partial charge in [-0.15, -0.1) is 0 Å². The van der Waals surface area contributed by atoms with E-state index in [2.05, 4.69) is 20.2 Å². The molecule has 0 saturated carbocycles. The SMILES string of the molecule is Cc1nc2ncnn2c(C)c1CC(=O)OCc1cc(-c2ccccc2)on1. The Morgan fingerprint density at radius 1 is 1.22 bits per heavy atom. The quantitative estimate of drug-likeness (QED) is 0.503. The lowest BCUT2D eigenvalue weighted by molar-refractivity contribution is -0.144. The molecule has 0 amide bonds. The van der Waals surface area contributed by atoms with Gasteiger partial charge in [0.15, 0.2) is 5.76 Å². The number of nitrogens with zero attached hydrogens (tertiary/aromatic N) is 5. The summed E-state index contributed by atoms with van der Waals surface area (Å²) in [4.78, 5) is 20.7. The molecule has 0 bridgehead atoms. The van der Waals surface area contributed by atoms with Crippen molar-refractivity contribution in [3.8, 4) is 11.3 Å². The van der Waals surface area contributed by atoms with Gasteiger partial charge in [0.2, 0.25) is 0 Å². The van der Waals surface area contributed by atoms with E-state index in [0.29, 0.717) is 17.2 Å². The number of aryl methyl sites for hydroxylation is 2.